The molecule has 86 valence electrons. The third-order valence-electron chi connectivity index (χ3n) is 2.80. The third kappa shape index (κ3) is 1.72. The van der Waals surface area contributed by atoms with E-state index < -0.39 is 0 Å². The number of rotatable bonds is 0. The molecule has 1 aliphatic heterocycles. The molecule has 5 heteroatoms. The fourth-order valence-electron chi connectivity index (χ4n) is 1.96. The first-order chi connectivity index (χ1) is 8.15. The van der Waals surface area contributed by atoms with Crippen LogP contribution in [-0.4, -0.2) is 10.5 Å². The summed E-state index contributed by atoms with van der Waals surface area (Å²) in [4.78, 5) is 11.9. The summed E-state index contributed by atoms with van der Waals surface area (Å²) >= 11 is 11.9. The highest BCUT2D eigenvalue weighted by molar-refractivity contribution is 6.42. The maximum absolute atomic E-state index is 11.9. The third-order valence-corrected chi connectivity index (χ3v) is 3.52. The van der Waals surface area contributed by atoms with Crippen molar-refractivity contribution in [2.75, 3.05) is 5.32 Å². The SMILES string of the molecule is O=C1Nc2cc(Cl)c(Cl)cc2Cn2cccc21. The Labute approximate surface area is 108 Å². The summed E-state index contributed by atoms with van der Waals surface area (Å²) in [5.41, 5.74) is 2.30. The van der Waals surface area contributed by atoms with E-state index in [0.29, 0.717) is 28.0 Å². The van der Waals surface area contributed by atoms with Crippen LogP contribution in [0, 0.1) is 0 Å². The Morgan fingerprint density at radius 1 is 1.24 bits per heavy atom. The number of halogens is 2. The van der Waals surface area contributed by atoms with Gasteiger partial charge in [-0.15, -0.1) is 0 Å². The molecule has 1 aromatic heterocycles. The lowest BCUT2D eigenvalue weighted by molar-refractivity contribution is 0.102. The number of amides is 1. The van der Waals surface area contributed by atoms with Crippen molar-refractivity contribution in [1.82, 2.24) is 4.57 Å². The second kappa shape index (κ2) is 3.79. The largest absolute Gasteiger partial charge is 0.339 e. The predicted molar refractivity (Wildman–Crippen MR) is 67.9 cm³/mol. The van der Waals surface area contributed by atoms with E-state index in [0.717, 1.165) is 5.56 Å². The van der Waals surface area contributed by atoms with Crippen LogP contribution in [0.5, 0.6) is 0 Å². The summed E-state index contributed by atoms with van der Waals surface area (Å²) in [6.45, 7) is 0.604. The topological polar surface area (TPSA) is 34.0 Å². The standard InChI is InChI=1S/C12H8Cl2N2O/c13-8-4-7-6-16-3-1-2-11(16)12(17)15-10(7)5-9(8)14/h1-5H,6H2,(H,15,17). The minimum absolute atomic E-state index is 0.132. The molecule has 0 atom stereocenters. The van der Waals surface area contributed by atoms with Crippen LogP contribution in [0.3, 0.4) is 0 Å². The monoisotopic (exact) mass is 266 g/mol. The van der Waals surface area contributed by atoms with Gasteiger partial charge in [-0.1, -0.05) is 23.2 Å². The van der Waals surface area contributed by atoms with E-state index in [1.165, 1.54) is 0 Å². The van der Waals surface area contributed by atoms with Crippen molar-refractivity contribution >= 4 is 34.8 Å². The lowest BCUT2D eigenvalue weighted by Crippen LogP contribution is -2.12. The number of anilines is 1. The summed E-state index contributed by atoms with van der Waals surface area (Å²) < 4.78 is 1.88. The summed E-state index contributed by atoms with van der Waals surface area (Å²) in [5, 5.41) is 3.77. The van der Waals surface area contributed by atoms with Crippen LogP contribution in [0.25, 0.3) is 0 Å². The zero-order valence-electron chi connectivity index (χ0n) is 8.71. The number of fused-ring (bicyclic) bond motifs is 2. The molecule has 2 aromatic rings. The van der Waals surface area contributed by atoms with Gasteiger partial charge in [0, 0.05) is 18.4 Å². The van der Waals surface area contributed by atoms with E-state index in [1.54, 1.807) is 18.2 Å². The fraction of sp³-hybridized carbons (Fsp3) is 0.0833. The normalized spacial score (nSPS) is 13.6. The zero-order chi connectivity index (χ0) is 12.0. The van der Waals surface area contributed by atoms with Gasteiger partial charge in [-0.2, -0.15) is 0 Å². The number of hydrogen-bond donors (Lipinski definition) is 1. The molecule has 1 aliphatic rings. The summed E-state index contributed by atoms with van der Waals surface area (Å²) in [7, 11) is 0. The first kappa shape index (κ1) is 10.7. The van der Waals surface area contributed by atoms with E-state index in [1.807, 2.05) is 16.8 Å². The highest BCUT2D eigenvalue weighted by atomic mass is 35.5. The van der Waals surface area contributed by atoms with Crippen LogP contribution in [0.1, 0.15) is 16.1 Å². The smallest absolute Gasteiger partial charge is 0.272 e. The number of nitrogens with one attached hydrogen (secondary N) is 1. The van der Waals surface area contributed by atoms with Crippen molar-refractivity contribution in [2.45, 2.75) is 6.54 Å². The average molecular weight is 267 g/mol. The molecular weight excluding hydrogens is 259 g/mol. The molecule has 1 aromatic carbocycles. The molecule has 0 spiro atoms. The van der Waals surface area contributed by atoms with Gasteiger partial charge in [-0.3, -0.25) is 4.79 Å². The van der Waals surface area contributed by atoms with Crippen molar-refractivity contribution in [3.05, 3.63) is 51.8 Å². The molecule has 0 radical (unpaired) electrons. The minimum Gasteiger partial charge on any atom is -0.339 e. The van der Waals surface area contributed by atoms with E-state index >= 15 is 0 Å². The zero-order valence-corrected chi connectivity index (χ0v) is 10.2. The molecule has 1 N–H and O–H groups in total. The van der Waals surface area contributed by atoms with E-state index in [4.69, 9.17) is 23.2 Å². The Hall–Kier alpha value is -1.45. The van der Waals surface area contributed by atoms with Crippen molar-refractivity contribution in [3.8, 4) is 0 Å². The van der Waals surface area contributed by atoms with Gasteiger partial charge in [0.05, 0.1) is 10.0 Å². The summed E-state index contributed by atoms with van der Waals surface area (Å²) in [6, 6.07) is 7.10. The van der Waals surface area contributed by atoms with Gasteiger partial charge in [-0.05, 0) is 29.8 Å². The van der Waals surface area contributed by atoms with Gasteiger partial charge in [0.25, 0.3) is 5.91 Å². The molecule has 3 rings (SSSR count). The van der Waals surface area contributed by atoms with E-state index in [9.17, 15) is 4.79 Å². The Kier molecular flexibility index (Phi) is 2.38. The number of carbonyl (C=O) groups excluding carboxylic acids is 1. The molecule has 0 saturated carbocycles. The van der Waals surface area contributed by atoms with Crippen LogP contribution in [0.2, 0.25) is 10.0 Å². The molecule has 17 heavy (non-hydrogen) atoms. The highest BCUT2D eigenvalue weighted by Gasteiger charge is 2.19. The number of nitrogens with zero attached hydrogens (tertiary/aromatic N) is 1. The molecule has 1 amide bonds. The Morgan fingerprint density at radius 2 is 2.00 bits per heavy atom. The summed E-state index contributed by atoms with van der Waals surface area (Å²) in [6.07, 6.45) is 1.87. The molecule has 3 nitrogen and oxygen atoms in total. The van der Waals surface area contributed by atoms with Crippen LogP contribution in [0.15, 0.2) is 30.5 Å². The number of hydrogen-bond acceptors (Lipinski definition) is 1. The van der Waals surface area contributed by atoms with Crippen molar-refractivity contribution in [2.24, 2.45) is 0 Å². The predicted octanol–water partition coefficient (Wildman–Crippen LogP) is 3.41. The first-order valence-electron chi connectivity index (χ1n) is 5.09. The van der Waals surface area contributed by atoms with Crippen molar-refractivity contribution in [1.29, 1.82) is 0 Å². The van der Waals surface area contributed by atoms with Gasteiger partial charge < -0.3 is 9.88 Å². The molecule has 0 fully saturated rings. The number of benzene rings is 1. The molecule has 0 unspecified atom stereocenters. The molecule has 0 bridgehead atoms. The molecule has 0 saturated heterocycles. The number of aromatic nitrogens is 1. The van der Waals surface area contributed by atoms with Crippen LogP contribution < -0.4 is 5.32 Å². The van der Waals surface area contributed by atoms with E-state index in [-0.39, 0.29) is 5.91 Å². The van der Waals surface area contributed by atoms with Crippen LogP contribution in [-0.2, 0) is 6.54 Å². The summed E-state index contributed by atoms with van der Waals surface area (Å²) in [5.74, 6) is -0.132. The number of carbonyl (C=O) groups is 1. The van der Waals surface area contributed by atoms with Gasteiger partial charge in [-0.25, -0.2) is 0 Å². The first-order valence-corrected chi connectivity index (χ1v) is 5.85. The second-order valence-corrected chi connectivity index (χ2v) is 4.71. The minimum atomic E-state index is -0.132. The van der Waals surface area contributed by atoms with E-state index in [2.05, 4.69) is 5.32 Å². The Bertz CT molecular complexity index is 619. The lowest BCUT2D eigenvalue weighted by atomic mass is 10.2. The van der Waals surface area contributed by atoms with Crippen molar-refractivity contribution < 1.29 is 4.79 Å². The average Bonchev–Trinajstić information content (AvgIpc) is 2.69. The maximum Gasteiger partial charge on any atom is 0.272 e. The van der Waals surface area contributed by atoms with Crippen LogP contribution >= 0.6 is 23.2 Å². The van der Waals surface area contributed by atoms with Gasteiger partial charge in [0.1, 0.15) is 5.69 Å². The fourth-order valence-corrected chi connectivity index (χ4v) is 2.31. The Balaban J connectivity index is 2.18. The van der Waals surface area contributed by atoms with Gasteiger partial charge in [0.15, 0.2) is 0 Å². The second-order valence-electron chi connectivity index (χ2n) is 3.90. The lowest BCUT2D eigenvalue weighted by Gasteiger charge is -2.08. The molecule has 2 heterocycles. The van der Waals surface area contributed by atoms with Gasteiger partial charge >= 0.3 is 0 Å². The maximum atomic E-state index is 11.9. The van der Waals surface area contributed by atoms with Gasteiger partial charge in [0.2, 0.25) is 0 Å². The quantitative estimate of drug-likeness (QED) is 0.779. The highest BCUT2D eigenvalue weighted by Crippen LogP contribution is 2.31. The van der Waals surface area contributed by atoms with Crippen molar-refractivity contribution in [3.63, 3.8) is 0 Å². The Morgan fingerprint density at radius 3 is 2.82 bits per heavy atom. The van der Waals surface area contributed by atoms with Crippen LogP contribution in [0.4, 0.5) is 5.69 Å². The molecule has 0 aliphatic carbocycles. The molecular formula is C12H8Cl2N2O.